The van der Waals surface area contributed by atoms with Crippen LogP contribution in [0.25, 0.3) is 0 Å². The summed E-state index contributed by atoms with van der Waals surface area (Å²) >= 11 is 0. The van der Waals surface area contributed by atoms with Gasteiger partial charge in [0.1, 0.15) is 5.82 Å². The summed E-state index contributed by atoms with van der Waals surface area (Å²) in [5.74, 6) is -1.13. The monoisotopic (exact) mass is 199 g/mol. The van der Waals surface area contributed by atoms with Crippen molar-refractivity contribution in [1.29, 1.82) is 0 Å². The molecule has 1 aliphatic carbocycles. The predicted octanol–water partition coefficient (Wildman–Crippen LogP) is 2.55. The Morgan fingerprint density at radius 3 is 2.64 bits per heavy atom. The molecule has 1 N–H and O–H groups in total. The molecule has 2 nitrogen and oxygen atoms in total. The summed E-state index contributed by atoms with van der Waals surface area (Å²) in [5.41, 5.74) is 0.356. The van der Waals surface area contributed by atoms with Crippen LogP contribution in [0.4, 0.5) is 14.5 Å². The van der Waals surface area contributed by atoms with Gasteiger partial charge in [0.25, 0.3) is 0 Å². The molecule has 1 fully saturated rings. The first-order chi connectivity index (χ1) is 6.70. The van der Waals surface area contributed by atoms with Crippen molar-refractivity contribution in [2.45, 2.75) is 18.9 Å². The van der Waals surface area contributed by atoms with Crippen LogP contribution in [0.1, 0.15) is 12.8 Å². The van der Waals surface area contributed by atoms with Crippen molar-refractivity contribution in [3.63, 3.8) is 0 Å². The molecule has 0 unspecified atom stereocenters. The third-order valence-electron chi connectivity index (χ3n) is 2.09. The van der Waals surface area contributed by atoms with Crippen molar-refractivity contribution in [2.24, 2.45) is 0 Å². The Morgan fingerprint density at radius 1 is 1.36 bits per heavy atom. The Bertz CT molecular complexity index is 350. The zero-order valence-corrected chi connectivity index (χ0v) is 7.81. The van der Waals surface area contributed by atoms with Crippen LogP contribution in [0, 0.1) is 11.6 Å². The van der Waals surface area contributed by atoms with Crippen molar-refractivity contribution >= 4 is 5.69 Å². The summed E-state index contributed by atoms with van der Waals surface area (Å²) < 4.78 is 31.4. The van der Waals surface area contributed by atoms with Gasteiger partial charge in [-0.1, -0.05) is 0 Å². The first-order valence-corrected chi connectivity index (χ1v) is 4.54. The van der Waals surface area contributed by atoms with Crippen LogP contribution < -0.4 is 10.1 Å². The van der Waals surface area contributed by atoms with Crippen LogP contribution in [-0.2, 0) is 0 Å². The summed E-state index contributed by atoms with van der Waals surface area (Å²) in [7, 11) is 1.61. The smallest absolute Gasteiger partial charge is 0.178 e. The quantitative estimate of drug-likeness (QED) is 0.807. The van der Waals surface area contributed by atoms with Crippen molar-refractivity contribution < 1.29 is 13.5 Å². The second-order valence-corrected chi connectivity index (χ2v) is 3.33. The molecule has 0 saturated heterocycles. The lowest BCUT2D eigenvalue weighted by atomic mass is 10.2. The van der Waals surface area contributed by atoms with Gasteiger partial charge in [-0.15, -0.1) is 0 Å². The lowest BCUT2D eigenvalue weighted by Gasteiger charge is -2.11. The van der Waals surface area contributed by atoms with E-state index in [1.54, 1.807) is 7.05 Å². The third-order valence-corrected chi connectivity index (χ3v) is 2.09. The molecule has 0 bridgehead atoms. The van der Waals surface area contributed by atoms with Crippen LogP contribution in [0.15, 0.2) is 12.1 Å². The number of rotatable bonds is 3. The fourth-order valence-corrected chi connectivity index (χ4v) is 1.22. The normalized spacial score (nSPS) is 15.4. The predicted molar refractivity (Wildman–Crippen MR) is 49.6 cm³/mol. The molecule has 76 valence electrons. The molecule has 0 atom stereocenters. The lowest BCUT2D eigenvalue weighted by molar-refractivity contribution is 0.288. The molecular formula is C10H11F2NO. The number of benzene rings is 1. The Morgan fingerprint density at radius 2 is 2.07 bits per heavy atom. The van der Waals surface area contributed by atoms with Gasteiger partial charge in [0.05, 0.1) is 11.8 Å². The van der Waals surface area contributed by atoms with Gasteiger partial charge in [-0.3, -0.25) is 0 Å². The third kappa shape index (κ3) is 1.78. The van der Waals surface area contributed by atoms with E-state index in [4.69, 9.17) is 4.74 Å². The summed E-state index contributed by atoms with van der Waals surface area (Å²) in [6.45, 7) is 0. The van der Waals surface area contributed by atoms with Crippen LogP contribution >= 0.6 is 0 Å². The Hall–Kier alpha value is -1.32. The lowest BCUT2D eigenvalue weighted by Crippen LogP contribution is -2.03. The number of hydrogen-bond donors (Lipinski definition) is 1. The van der Waals surface area contributed by atoms with E-state index in [1.165, 1.54) is 6.07 Å². The van der Waals surface area contributed by atoms with Gasteiger partial charge in [0, 0.05) is 19.2 Å². The van der Waals surface area contributed by atoms with E-state index in [0.29, 0.717) is 5.69 Å². The van der Waals surface area contributed by atoms with Crippen molar-refractivity contribution in [2.75, 3.05) is 12.4 Å². The highest BCUT2D eigenvalue weighted by atomic mass is 19.1. The molecule has 0 heterocycles. The number of anilines is 1. The zero-order valence-electron chi connectivity index (χ0n) is 7.81. The largest absolute Gasteiger partial charge is 0.485 e. The zero-order chi connectivity index (χ0) is 10.1. The Balaban J connectivity index is 2.33. The molecule has 1 aliphatic rings. The van der Waals surface area contributed by atoms with Crippen molar-refractivity contribution in [3.8, 4) is 5.75 Å². The molecule has 0 amide bonds. The molecule has 0 radical (unpaired) electrons. The van der Waals surface area contributed by atoms with E-state index in [-0.39, 0.29) is 11.9 Å². The SMILES string of the molecule is CNc1cc(F)cc(F)c1OC1CC1. The maximum Gasteiger partial charge on any atom is 0.178 e. The first-order valence-electron chi connectivity index (χ1n) is 4.54. The maximum atomic E-state index is 13.3. The van der Waals surface area contributed by atoms with E-state index in [9.17, 15) is 8.78 Å². The highest BCUT2D eigenvalue weighted by Crippen LogP contribution is 2.34. The van der Waals surface area contributed by atoms with Gasteiger partial charge in [-0.05, 0) is 12.8 Å². The molecule has 14 heavy (non-hydrogen) atoms. The molecule has 0 aromatic heterocycles. The summed E-state index contributed by atoms with van der Waals surface area (Å²) in [6.07, 6.45) is 1.99. The minimum atomic E-state index is -0.652. The second kappa shape index (κ2) is 3.44. The van der Waals surface area contributed by atoms with Gasteiger partial charge in [0.15, 0.2) is 11.6 Å². The van der Waals surface area contributed by atoms with E-state index in [2.05, 4.69) is 5.32 Å². The second-order valence-electron chi connectivity index (χ2n) is 3.33. The first kappa shape index (κ1) is 9.24. The molecular weight excluding hydrogens is 188 g/mol. The van der Waals surface area contributed by atoms with Gasteiger partial charge >= 0.3 is 0 Å². The van der Waals surface area contributed by atoms with Crippen LogP contribution in [0.5, 0.6) is 5.75 Å². The minimum absolute atomic E-state index is 0.0991. The van der Waals surface area contributed by atoms with E-state index in [0.717, 1.165) is 18.9 Å². The van der Waals surface area contributed by atoms with Crippen molar-refractivity contribution in [3.05, 3.63) is 23.8 Å². The van der Waals surface area contributed by atoms with Crippen LogP contribution in [-0.4, -0.2) is 13.2 Å². The number of hydrogen-bond acceptors (Lipinski definition) is 2. The maximum absolute atomic E-state index is 13.3. The molecule has 1 saturated carbocycles. The highest BCUT2D eigenvalue weighted by Gasteiger charge is 2.26. The summed E-state index contributed by atoms with van der Waals surface area (Å²) in [6, 6.07) is 2.05. The molecule has 2 rings (SSSR count). The number of halogens is 2. The standard InChI is InChI=1S/C10H11F2NO/c1-13-9-5-6(11)4-8(12)10(9)14-7-2-3-7/h4-5,7,13H,2-3H2,1H3. The van der Waals surface area contributed by atoms with E-state index >= 15 is 0 Å². The van der Waals surface area contributed by atoms with Gasteiger partial charge < -0.3 is 10.1 Å². The molecule has 1 aromatic carbocycles. The average molecular weight is 199 g/mol. The fourth-order valence-electron chi connectivity index (χ4n) is 1.22. The molecule has 1 aromatic rings. The summed E-state index contributed by atoms with van der Waals surface area (Å²) in [4.78, 5) is 0. The topological polar surface area (TPSA) is 21.3 Å². The van der Waals surface area contributed by atoms with Gasteiger partial charge in [-0.2, -0.15) is 0 Å². The van der Waals surface area contributed by atoms with Crippen molar-refractivity contribution in [1.82, 2.24) is 0 Å². The molecule has 0 aliphatic heterocycles. The molecule has 0 spiro atoms. The Labute approximate surface area is 80.9 Å². The Kier molecular flexibility index (Phi) is 2.27. The van der Waals surface area contributed by atoms with Crippen LogP contribution in [0.3, 0.4) is 0 Å². The highest BCUT2D eigenvalue weighted by molar-refractivity contribution is 5.57. The van der Waals surface area contributed by atoms with E-state index in [1.807, 2.05) is 0 Å². The minimum Gasteiger partial charge on any atom is -0.485 e. The van der Waals surface area contributed by atoms with Gasteiger partial charge in [-0.25, -0.2) is 8.78 Å². The summed E-state index contributed by atoms with van der Waals surface area (Å²) in [5, 5.41) is 2.71. The fraction of sp³-hybridized carbons (Fsp3) is 0.400. The van der Waals surface area contributed by atoms with Crippen LogP contribution in [0.2, 0.25) is 0 Å². The van der Waals surface area contributed by atoms with E-state index < -0.39 is 11.6 Å². The number of ether oxygens (including phenoxy) is 1. The number of nitrogens with one attached hydrogen (secondary N) is 1. The average Bonchev–Trinajstić information content (AvgIpc) is 2.93. The molecule has 4 heteroatoms. The van der Waals surface area contributed by atoms with Gasteiger partial charge in [0.2, 0.25) is 0 Å².